The van der Waals surface area contributed by atoms with Crippen molar-refractivity contribution in [1.29, 1.82) is 0 Å². The molecule has 1 heterocycles. The monoisotopic (exact) mass is 203 g/mol. The Kier molecular flexibility index (Phi) is 3.24. The predicted molar refractivity (Wildman–Crippen MR) is 55.0 cm³/mol. The van der Waals surface area contributed by atoms with Crippen LogP contribution in [-0.2, 0) is 9.53 Å². The van der Waals surface area contributed by atoms with Crippen molar-refractivity contribution in [1.82, 2.24) is 5.32 Å². The Hall–Kier alpha value is -0.220. The molecule has 0 aliphatic carbocycles. The average Bonchev–Trinajstić information content (AvgIpc) is 2.30. The van der Waals surface area contributed by atoms with Crippen molar-refractivity contribution in [3.05, 3.63) is 0 Å². The van der Waals surface area contributed by atoms with Crippen LogP contribution >= 0.6 is 12.6 Å². The minimum absolute atomic E-state index is 0.0214. The Morgan fingerprint density at radius 3 is 2.69 bits per heavy atom. The molecule has 2 atom stereocenters. The van der Waals surface area contributed by atoms with Gasteiger partial charge in [0, 0.05) is 5.41 Å². The van der Waals surface area contributed by atoms with Crippen molar-refractivity contribution < 1.29 is 9.53 Å². The van der Waals surface area contributed by atoms with E-state index in [4.69, 9.17) is 4.74 Å². The first-order chi connectivity index (χ1) is 5.93. The maximum absolute atomic E-state index is 11.3. The first-order valence-electron chi connectivity index (χ1n) is 4.49. The molecule has 4 heteroatoms. The fourth-order valence-electron chi connectivity index (χ4n) is 1.30. The van der Waals surface area contributed by atoms with Crippen molar-refractivity contribution in [3.63, 3.8) is 0 Å². The van der Waals surface area contributed by atoms with Gasteiger partial charge in [-0.15, -0.1) is 0 Å². The fraction of sp³-hybridized carbons (Fsp3) is 0.889. The van der Waals surface area contributed by atoms with Gasteiger partial charge in [-0.2, -0.15) is 12.6 Å². The Morgan fingerprint density at radius 1 is 1.69 bits per heavy atom. The van der Waals surface area contributed by atoms with Crippen molar-refractivity contribution in [3.8, 4) is 0 Å². The SMILES string of the molecule is CC(S)C(=O)NC1COCC1(C)C. The van der Waals surface area contributed by atoms with Crippen LogP contribution in [0.4, 0.5) is 0 Å². The van der Waals surface area contributed by atoms with E-state index in [1.165, 1.54) is 0 Å². The van der Waals surface area contributed by atoms with Crippen LogP contribution in [-0.4, -0.2) is 30.4 Å². The van der Waals surface area contributed by atoms with Gasteiger partial charge in [-0.3, -0.25) is 4.79 Å². The van der Waals surface area contributed by atoms with Crippen LogP contribution in [0.25, 0.3) is 0 Å². The number of hydrogen-bond donors (Lipinski definition) is 2. The summed E-state index contributed by atoms with van der Waals surface area (Å²) in [4.78, 5) is 11.3. The summed E-state index contributed by atoms with van der Waals surface area (Å²) in [6, 6.07) is 0.120. The topological polar surface area (TPSA) is 38.3 Å². The first kappa shape index (κ1) is 10.9. The molecule has 76 valence electrons. The quantitative estimate of drug-likeness (QED) is 0.653. The Morgan fingerprint density at radius 2 is 2.31 bits per heavy atom. The number of nitrogens with one attached hydrogen (secondary N) is 1. The molecule has 2 unspecified atom stereocenters. The van der Waals surface area contributed by atoms with Crippen LogP contribution < -0.4 is 5.32 Å². The standard InChI is InChI=1S/C9H17NO2S/c1-6(13)8(11)10-7-4-12-5-9(7,2)3/h6-7,13H,4-5H2,1-3H3,(H,10,11). The zero-order valence-corrected chi connectivity index (χ0v) is 9.23. The molecule has 1 amide bonds. The third-order valence-electron chi connectivity index (χ3n) is 2.40. The van der Waals surface area contributed by atoms with Gasteiger partial charge in [-0.1, -0.05) is 13.8 Å². The summed E-state index contributed by atoms with van der Waals surface area (Å²) in [6.07, 6.45) is 0. The normalized spacial score (nSPS) is 28.5. The second kappa shape index (κ2) is 3.88. The van der Waals surface area contributed by atoms with Gasteiger partial charge in [0.1, 0.15) is 0 Å². The van der Waals surface area contributed by atoms with E-state index < -0.39 is 0 Å². The smallest absolute Gasteiger partial charge is 0.232 e. The molecular weight excluding hydrogens is 186 g/mol. The molecule has 0 aromatic heterocycles. The van der Waals surface area contributed by atoms with E-state index in [0.29, 0.717) is 13.2 Å². The van der Waals surface area contributed by atoms with Gasteiger partial charge in [0.2, 0.25) is 5.91 Å². The molecule has 1 fully saturated rings. The maximum Gasteiger partial charge on any atom is 0.232 e. The lowest BCUT2D eigenvalue weighted by atomic mass is 9.88. The highest BCUT2D eigenvalue weighted by Gasteiger charge is 2.36. The van der Waals surface area contributed by atoms with Gasteiger partial charge in [0.25, 0.3) is 0 Å². The summed E-state index contributed by atoms with van der Waals surface area (Å²) in [6.45, 7) is 7.27. The third-order valence-corrected chi connectivity index (χ3v) is 2.63. The summed E-state index contributed by atoms with van der Waals surface area (Å²) in [7, 11) is 0. The Labute approximate surface area is 84.6 Å². The molecule has 0 spiro atoms. The van der Waals surface area contributed by atoms with Crippen LogP contribution in [0, 0.1) is 5.41 Å². The highest BCUT2D eigenvalue weighted by Crippen LogP contribution is 2.27. The van der Waals surface area contributed by atoms with Crippen molar-refractivity contribution in [2.75, 3.05) is 13.2 Å². The molecule has 0 saturated carbocycles. The van der Waals surface area contributed by atoms with E-state index in [1.807, 2.05) is 0 Å². The lowest BCUT2D eigenvalue weighted by Gasteiger charge is -2.25. The Balaban J connectivity index is 2.50. The van der Waals surface area contributed by atoms with Crippen molar-refractivity contribution in [2.24, 2.45) is 5.41 Å². The van der Waals surface area contributed by atoms with E-state index in [-0.39, 0.29) is 22.6 Å². The number of rotatable bonds is 2. The number of ether oxygens (including phenoxy) is 1. The van der Waals surface area contributed by atoms with Gasteiger partial charge in [-0.25, -0.2) is 0 Å². The molecule has 1 aliphatic heterocycles. The summed E-state index contributed by atoms with van der Waals surface area (Å²) in [5.74, 6) is -0.0214. The van der Waals surface area contributed by atoms with E-state index in [9.17, 15) is 4.79 Å². The molecule has 0 aromatic rings. The van der Waals surface area contributed by atoms with Crippen molar-refractivity contribution in [2.45, 2.75) is 32.1 Å². The zero-order chi connectivity index (χ0) is 10.1. The molecule has 1 rings (SSSR count). The number of carbonyl (C=O) groups is 1. The maximum atomic E-state index is 11.3. The largest absolute Gasteiger partial charge is 0.379 e. The minimum Gasteiger partial charge on any atom is -0.379 e. The van der Waals surface area contributed by atoms with Crippen LogP contribution in [0.15, 0.2) is 0 Å². The molecule has 1 aliphatic rings. The lowest BCUT2D eigenvalue weighted by Crippen LogP contribution is -2.46. The number of thiol groups is 1. The number of amides is 1. The molecule has 0 radical (unpaired) electrons. The van der Waals surface area contributed by atoms with E-state index in [1.54, 1.807) is 6.92 Å². The molecule has 0 aromatic carbocycles. The summed E-state index contributed by atoms with van der Waals surface area (Å²) < 4.78 is 5.31. The molecule has 1 saturated heterocycles. The summed E-state index contributed by atoms with van der Waals surface area (Å²) in [5, 5.41) is 2.67. The fourth-order valence-corrected chi connectivity index (χ4v) is 1.37. The van der Waals surface area contributed by atoms with Crippen LogP contribution in [0.5, 0.6) is 0 Å². The van der Waals surface area contributed by atoms with E-state index in [0.717, 1.165) is 0 Å². The average molecular weight is 203 g/mol. The summed E-state index contributed by atoms with van der Waals surface area (Å²) in [5.41, 5.74) is 0.0400. The van der Waals surface area contributed by atoms with E-state index in [2.05, 4.69) is 31.8 Å². The molecule has 1 N–H and O–H groups in total. The Bertz CT molecular complexity index is 204. The van der Waals surface area contributed by atoms with Crippen molar-refractivity contribution >= 4 is 18.5 Å². The minimum atomic E-state index is -0.253. The number of hydrogen-bond acceptors (Lipinski definition) is 3. The van der Waals surface area contributed by atoms with Crippen LogP contribution in [0.3, 0.4) is 0 Å². The summed E-state index contributed by atoms with van der Waals surface area (Å²) >= 11 is 4.07. The van der Waals surface area contributed by atoms with Crippen LogP contribution in [0.1, 0.15) is 20.8 Å². The number of carbonyl (C=O) groups excluding carboxylic acids is 1. The van der Waals surface area contributed by atoms with Gasteiger partial charge in [0.15, 0.2) is 0 Å². The van der Waals surface area contributed by atoms with E-state index >= 15 is 0 Å². The van der Waals surface area contributed by atoms with Gasteiger partial charge < -0.3 is 10.1 Å². The van der Waals surface area contributed by atoms with Gasteiger partial charge >= 0.3 is 0 Å². The molecule has 3 nitrogen and oxygen atoms in total. The molecule has 0 bridgehead atoms. The second-order valence-electron chi connectivity index (χ2n) is 4.24. The molecule has 13 heavy (non-hydrogen) atoms. The highest BCUT2D eigenvalue weighted by atomic mass is 32.1. The first-order valence-corrected chi connectivity index (χ1v) is 5.01. The molecular formula is C9H17NO2S. The second-order valence-corrected chi connectivity index (χ2v) is 5.02. The lowest BCUT2D eigenvalue weighted by molar-refractivity contribution is -0.121. The zero-order valence-electron chi connectivity index (χ0n) is 8.33. The van der Waals surface area contributed by atoms with Gasteiger partial charge in [0.05, 0.1) is 24.5 Å². The highest BCUT2D eigenvalue weighted by molar-refractivity contribution is 7.81. The predicted octanol–water partition coefficient (Wildman–Crippen LogP) is 0.846. The van der Waals surface area contributed by atoms with Crippen LogP contribution in [0.2, 0.25) is 0 Å². The third kappa shape index (κ3) is 2.61. The van der Waals surface area contributed by atoms with Gasteiger partial charge in [-0.05, 0) is 6.92 Å².